The molecule has 5 heteroatoms. The molecule has 0 aromatic heterocycles. The van der Waals surface area contributed by atoms with Gasteiger partial charge in [0.2, 0.25) is 0 Å². The van der Waals surface area contributed by atoms with Crippen LogP contribution in [0.3, 0.4) is 0 Å². The van der Waals surface area contributed by atoms with Crippen molar-refractivity contribution in [3.8, 4) is 0 Å². The maximum Gasteiger partial charge on any atom is 0.155 e. The Morgan fingerprint density at radius 2 is 2.00 bits per heavy atom. The summed E-state index contributed by atoms with van der Waals surface area (Å²) in [6.07, 6.45) is 4.22. The SMILES string of the molecule is CC(C)(C)S(=O)(=O)CCC1(CNC2CC2)CCOC1. The molecule has 112 valence electrons. The molecule has 0 bridgehead atoms. The van der Waals surface area contributed by atoms with Crippen LogP contribution in [0.25, 0.3) is 0 Å². The molecular formula is C14H27NO3S. The van der Waals surface area contributed by atoms with Gasteiger partial charge in [0.15, 0.2) is 9.84 Å². The van der Waals surface area contributed by atoms with Crippen LogP contribution < -0.4 is 5.32 Å². The number of rotatable bonds is 6. The van der Waals surface area contributed by atoms with Gasteiger partial charge in [-0.15, -0.1) is 0 Å². The zero-order valence-corrected chi connectivity index (χ0v) is 13.2. The van der Waals surface area contributed by atoms with E-state index in [2.05, 4.69) is 5.32 Å². The van der Waals surface area contributed by atoms with Crippen molar-refractivity contribution in [2.24, 2.45) is 5.41 Å². The number of nitrogens with one attached hydrogen (secondary N) is 1. The lowest BCUT2D eigenvalue weighted by Crippen LogP contribution is -2.39. The van der Waals surface area contributed by atoms with E-state index in [-0.39, 0.29) is 11.2 Å². The van der Waals surface area contributed by atoms with Crippen LogP contribution in [0.5, 0.6) is 0 Å². The first-order valence-electron chi connectivity index (χ1n) is 7.28. The Bertz CT molecular complexity index is 401. The Kier molecular flexibility index (Phi) is 4.29. The summed E-state index contributed by atoms with van der Waals surface area (Å²) in [5, 5.41) is 3.54. The molecule has 2 aliphatic rings. The van der Waals surface area contributed by atoms with Crippen molar-refractivity contribution in [2.75, 3.05) is 25.5 Å². The second kappa shape index (κ2) is 5.34. The Morgan fingerprint density at radius 1 is 1.32 bits per heavy atom. The second-order valence-corrected chi connectivity index (χ2v) is 10.0. The van der Waals surface area contributed by atoms with E-state index in [1.54, 1.807) is 20.8 Å². The van der Waals surface area contributed by atoms with E-state index in [0.29, 0.717) is 19.1 Å². The van der Waals surface area contributed by atoms with E-state index >= 15 is 0 Å². The molecule has 4 nitrogen and oxygen atoms in total. The molecule has 1 saturated carbocycles. The fourth-order valence-electron chi connectivity index (χ4n) is 2.38. The largest absolute Gasteiger partial charge is 0.381 e. The van der Waals surface area contributed by atoms with Gasteiger partial charge in [0.05, 0.1) is 17.1 Å². The summed E-state index contributed by atoms with van der Waals surface area (Å²) < 4.78 is 29.4. The summed E-state index contributed by atoms with van der Waals surface area (Å²) in [6.45, 7) is 7.71. The molecule has 1 aliphatic heterocycles. The van der Waals surface area contributed by atoms with Crippen LogP contribution in [0, 0.1) is 5.41 Å². The summed E-state index contributed by atoms with van der Waals surface area (Å²) >= 11 is 0. The van der Waals surface area contributed by atoms with E-state index in [4.69, 9.17) is 4.74 Å². The highest BCUT2D eigenvalue weighted by Crippen LogP contribution is 2.34. The Morgan fingerprint density at radius 3 is 2.47 bits per heavy atom. The maximum absolute atomic E-state index is 12.2. The van der Waals surface area contributed by atoms with Gasteiger partial charge < -0.3 is 10.1 Å². The first-order valence-corrected chi connectivity index (χ1v) is 8.93. The lowest BCUT2D eigenvalue weighted by atomic mass is 9.84. The van der Waals surface area contributed by atoms with Gasteiger partial charge in [-0.1, -0.05) is 0 Å². The number of hydrogen-bond acceptors (Lipinski definition) is 4. The number of hydrogen-bond donors (Lipinski definition) is 1. The van der Waals surface area contributed by atoms with Crippen molar-refractivity contribution in [1.29, 1.82) is 0 Å². The van der Waals surface area contributed by atoms with Gasteiger partial charge >= 0.3 is 0 Å². The van der Waals surface area contributed by atoms with Crippen LogP contribution in [0.4, 0.5) is 0 Å². The molecule has 0 radical (unpaired) electrons. The second-order valence-electron chi connectivity index (χ2n) is 7.14. The topological polar surface area (TPSA) is 55.4 Å². The van der Waals surface area contributed by atoms with Crippen molar-refractivity contribution in [2.45, 2.75) is 57.2 Å². The number of ether oxygens (including phenoxy) is 1. The molecule has 2 fully saturated rings. The predicted octanol–water partition coefficient (Wildman–Crippen LogP) is 1.75. The van der Waals surface area contributed by atoms with Crippen molar-refractivity contribution in [1.82, 2.24) is 5.32 Å². The Balaban J connectivity index is 1.93. The van der Waals surface area contributed by atoms with Gasteiger partial charge in [0.25, 0.3) is 0 Å². The fourth-order valence-corrected chi connectivity index (χ4v) is 3.69. The van der Waals surface area contributed by atoms with Crippen LogP contribution in [-0.2, 0) is 14.6 Å². The van der Waals surface area contributed by atoms with E-state index in [0.717, 1.165) is 19.6 Å². The van der Waals surface area contributed by atoms with Crippen molar-refractivity contribution < 1.29 is 13.2 Å². The molecule has 0 aromatic carbocycles. The fraction of sp³-hybridized carbons (Fsp3) is 1.00. The summed E-state index contributed by atoms with van der Waals surface area (Å²) in [7, 11) is -3.03. The average molecular weight is 289 g/mol. The van der Waals surface area contributed by atoms with Gasteiger partial charge in [-0.2, -0.15) is 0 Å². The van der Waals surface area contributed by atoms with E-state index in [1.165, 1.54) is 12.8 Å². The molecule has 0 spiro atoms. The molecular weight excluding hydrogens is 262 g/mol. The zero-order valence-electron chi connectivity index (χ0n) is 12.4. The quantitative estimate of drug-likeness (QED) is 0.809. The summed E-state index contributed by atoms with van der Waals surface area (Å²) in [5.74, 6) is 0.270. The highest BCUT2D eigenvalue weighted by atomic mass is 32.2. The van der Waals surface area contributed by atoms with Crippen LogP contribution >= 0.6 is 0 Å². The first kappa shape index (κ1) is 15.3. The van der Waals surface area contributed by atoms with Crippen molar-refractivity contribution >= 4 is 9.84 Å². The lowest BCUT2D eigenvalue weighted by Gasteiger charge is -2.29. The van der Waals surface area contributed by atoms with Gasteiger partial charge in [-0.25, -0.2) is 8.42 Å². The van der Waals surface area contributed by atoms with Crippen molar-refractivity contribution in [3.05, 3.63) is 0 Å². The molecule has 1 heterocycles. The van der Waals surface area contributed by atoms with Gasteiger partial charge in [0, 0.05) is 24.6 Å². The third-order valence-electron chi connectivity index (χ3n) is 4.36. The molecule has 1 atom stereocenters. The van der Waals surface area contributed by atoms with E-state index in [9.17, 15) is 8.42 Å². The number of sulfone groups is 1. The van der Waals surface area contributed by atoms with Crippen LogP contribution in [0.1, 0.15) is 46.5 Å². The summed E-state index contributed by atoms with van der Waals surface area (Å²) in [4.78, 5) is 0. The molecule has 19 heavy (non-hydrogen) atoms. The minimum atomic E-state index is -3.03. The lowest BCUT2D eigenvalue weighted by molar-refractivity contribution is 0.147. The first-order chi connectivity index (χ1) is 8.74. The molecule has 0 aromatic rings. The predicted molar refractivity (Wildman–Crippen MR) is 77.1 cm³/mol. The molecule has 1 unspecified atom stereocenters. The van der Waals surface area contributed by atoms with Gasteiger partial charge in [-0.05, 0) is 46.5 Å². The minimum Gasteiger partial charge on any atom is -0.381 e. The third kappa shape index (κ3) is 3.92. The summed E-state index contributed by atoms with van der Waals surface area (Å²) in [6, 6.07) is 0.664. The average Bonchev–Trinajstić information content (AvgIpc) is 3.02. The molecule has 1 N–H and O–H groups in total. The van der Waals surface area contributed by atoms with Crippen molar-refractivity contribution in [3.63, 3.8) is 0 Å². The monoisotopic (exact) mass is 289 g/mol. The van der Waals surface area contributed by atoms with Gasteiger partial charge in [-0.3, -0.25) is 0 Å². The molecule has 0 amide bonds. The van der Waals surface area contributed by atoms with Crippen LogP contribution in [0.2, 0.25) is 0 Å². The Hall–Kier alpha value is -0.130. The minimum absolute atomic E-state index is 0.0287. The van der Waals surface area contributed by atoms with Crippen LogP contribution in [-0.4, -0.2) is 44.7 Å². The molecule has 1 saturated heterocycles. The highest BCUT2D eigenvalue weighted by Gasteiger charge is 2.39. The van der Waals surface area contributed by atoms with Gasteiger partial charge in [0.1, 0.15) is 0 Å². The van der Waals surface area contributed by atoms with Crippen LogP contribution in [0.15, 0.2) is 0 Å². The smallest absolute Gasteiger partial charge is 0.155 e. The standard InChI is InChI=1S/C14H27NO3S/c1-13(2,3)19(16,17)9-7-14(6-8-18-11-14)10-15-12-4-5-12/h12,15H,4-11H2,1-3H3. The van der Waals surface area contributed by atoms with E-state index < -0.39 is 14.6 Å². The molecule has 2 rings (SSSR count). The maximum atomic E-state index is 12.2. The summed E-state index contributed by atoms with van der Waals surface area (Å²) in [5.41, 5.74) is 0.0287. The Labute approximate surface area is 117 Å². The normalized spacial score (nSPS) is 28.8. The highest BCUT2D eigenvalue weighted by molar-refractivity contribution is 7.92. The molecule has 1 aliphatic carbocycles. The third-order valence-corrected chi connectivity index (χ3v) is 6.97. The zero-order chi connectivity index (χ0) is 14.1. The van der Waals surface area contributed by atoms with E-state index in [1.807, 2.05) is 0 Å².